The average Bonchev–Trinajstić information content (AvgIpc) is 2.39. The molecule has 4 aliphatic carbocycles. The maximum Gasteiger partial charge on any atom is 0.209 e. The molecule has 0 spiro atoms. The van der Waals surface area contributed by atoms with E-state index >= 15 is 0 Å². The van der Waals surface area contributed by atoms with Crippen molar-refractivity contribution in [3.05, 3.63) is 0 Å². The predicted octanol–water partition coefficient (Wildman–Crippen LogP) is 0.957. The molecule has 3 nitrogen and oxygen atoms in total. The van der Waals surface area contributed by atoms with Gasteiger partial charge < -0.3 is 0 Å². The van der Waals surface area contributed by atoms with Gasteiger partial charge in [0.05, 0.1) is 5.75 Å². The number of hydrogen-bond donors (Lipinski definition) is 1. The van der Waals surface area contributed by atoms with Crippen LogP contribution < -0.4 is 5.14 Å². The van der Waals surface area contributed by atoms with Gasteiger partial charge in [-0.05, 0) is 41.4 Å². The molecule has 14 heavy (non-hydrogen) atoms. The van der Waals surface area contributed by atoms with Crippen molar-refractivity contribution in [1.82, 2.24) is 0 Å². The van der Waals surface area contributed by atoms with Crippen LogP contribution in [0.5, 0.6) is 0 Å². The fourth-order valence-corrected chi connectivity index (χ4v) is 6.19. The van der Waals surface area contributed by atoms with Gasteiger partial charge in [0.15, 0.2) is 0 Å². The van der Waals surface area contributed by atoms with Crippen molar-refractivity contribution in [3.63, 3.8) is 0 Å². The van der Waals surface area contributed by atoms with Crippen LogP contribution in [0.1, 0.15) is 26.7 Å². The Balaban J connectivity index is 2.01. The summed E-state index contributed by atoms with van der Waals surface area (Å²) in [5.41, 5.74) is 0.264. The summed E-state index contributed by atoms with van der Waals surface area (Å²) in [5.74, 6) is 2.31. The molecule has 4 bridgehead atoms. The standard InChI is InChI=1S/C10H17NO2S/c1-9(2)6-3-7-8(4-6)10(7,9)5-14(11,12)13/h6-8H,3-5H2,1-2H3,(H2,11,12,13). The average molecular weight is 215 g/mol. The summed E-state index contributed by atoms with van der Waals surface area (Å²) in [5, 5.41) is 5.20. The van der Waals surface area contributed by atoms with Gasteiger partial charge in [-0.2, -0.15) is 0 Å². The smallest absolute Gasteiger partial charge is 0.209 e. The first kappa shape index (κ1) is 9.16. The van der Waals surface area contributed by atoms with Gasteiger partial charge in [0.1, 0.15) is 0 Å². The molecule has 2 unspecified atom stereocenters. The molecule has 0 aromatic carbocycles. The van der Waals surface area contributed by atoms with Crippen LogP contribution in [0.15, 0.2) is 0 Å². The molecule has 4 heteroatoms. The number of nitrogens with two attached hydrogens (primary N) is 1. The molecule has 4 aliphatic rings. The Morgan fingerprint density at radius 3 is 2.07 bits per heavy atom. The second-order valence-electron chi connectivity index (χ2n) is 5.95. The van der Waals surface area contributed by atoms with E-state index in [2.05, 4.69) is 13.8 Å². The minimum absolute atomic E-state index is 0.0608. The van der Waals surface area contributed by atoms with Crippen molar-refractivity contribution < 1.29 is 8.42 Å². The fraction of sp³-hybridized carbons (Fsp3) is 1.00. The van der Waals surface area contributed by atoms with Gasteiger partial charge in [-0.1, -0.05) is 13.8 Å². The van der Waals surface area contributed by atoms with Crippen LogP contribution in [-0.4, -0.2) is 14.2 Å². The highest BCUT2D eigenvalue weighted by Gasteiger charge is 2.82. The summed E-state index contributed by atoms with van der Waals surface area (Å²) in [6, 6.07) is 0. The van der Waals surface area contributed by atoms with Gasteiger partial charge in [-0.3, -0.25) is 0 Å². The Hall–Kier alpha value is -0.0900. The minimum Gasteiger partial charge on any atom is -0.229 e. The van der Waals surface area contributed by atoms with Crippen LogP contribution in [0.4, 0.5) is 0 Å². The van der Waals surface area contributed by atoms with Crippen molar-refractivity contribution in [3.8, 4) is 0 Å². The fourth-order valence-electron chi connectivity index (χ4n) is 4.72. The lowest BCUT2D eigenvalue weighted by Gasteiger charge is -2.31. The number of rotatable bonds is 2. The van der Waals surface area contributed by atoms with Crippen molar-refractivity contribution in [2.75, 3.05) is 5.75 Å². The van der Waals surface area contributed by atoms with Crippen LogP contribution in [0.25, 0.3) is 0 Å². The first-order chi connectivity index (χ1) is 6.29. The zero-order chi connectivity index (χ0) is 10.4. The lowest BCUT2D eigenvalue weighted by atomic mass is 9.76. The third-order valence-electron chi connectivity index (χ3n) is 5.44. The zero-order valence-electron chi connectivity index (χ0n) is 8.66. The molecule has 2 N–H and O–H groups in total. The minimum atomic E-state index is -3.30. The summed E-state index contributed by atoms with van der Waals surface area (Å²) in [7, 11) is -3.30. The summed E-state index contributed by atoms with van der Waals surface area (Å²) < 4.78 is 22.5. The van der Waals surface area contributed by atoms with Crippen molar-refractivity contribution in [2.45, 2.75) is 26.7 Å². The maximum atomic E-state index is 11.2. The first-order valence-corrected chi connectivity index (χ1v) is 7.01. The molecule has 0 amide bonds. The van der Waals surface area contributed by atoms with Crippen LogP contribution >= 0.6 is 0 Å². The molecule has 4 rings (SSSR count). The van der Waals surface area contributed by atoms with E-state index in [1.54, 1.807) is 0 Å². The molecular formula is C10H17NO2S. The molecule has 2 atom stereocenters. The monoisotopic (exact) mass is 215 g/mol. The summed E-state index contributed by atoms with van der Waals surface area (Å²) in [4.78, 5) is 0. The van der Waals surface area contributed by atoms with Gasteiger partial charge in [0.2, 0.25) is 10.0 Å². The normalized spacial score (nSPS) is 52.4. The van der Waals surface area contributed by atoms with E-state index in [0.29, 0.717) is 11.8 Å². The summed E-state index contributed by atoms with van der Waals surface area (Å²) >= 11 is 0. The molecule has 4 saturated carbocycles. The topological polar surface area (TPSA) is 60.2 Å². The van der Waals surface area contributed by atoms with Crippen LogP contribution in [-0.2, 0) is 10.0 Å². The van der Waals surface area contributed by atoms with Gasteiger partial charge in [0.25, 0.3) is 0 Å². The van der Waals surface area contributed by atoms with Gasteiger partial charge in [-0.25, -0.2) is 13.6 Å². The Kier molecular flexibility index (Phi) is 1.34. The van der Waals surface area contributed by atoms with E-state index in [4.69, 9.17) is 5.14 Å². The summed E-state index contributed by atoms with van der Waals surface area (Å²) in [6.45, 7) is 4.46. The Labute approximate surface area is 85.1 Å². The van der Waals surface area contributed by atoms with Crippen molar-refractivity contribution >= 4 is 10.0 Å². The molecule has 0 aromatic heterocycles. The van der Waals surface area contributed by atoms with E-state index in [1.165, 1.54) is 12.8 Å². The van der Waals surface area contributed by atoms with Gasteiger partial charge in [-0.15, -0.1) is 0 Å². The lowest BCUT2D eigenvalue weighted by molar-refractivity contribution is 0.201. The predicted molar refractivity (Wildman–Crippen MR) is 53.9 cm³/mol. The molecule has 4 fully saturated rings. The molecule has 0 aromatic rings. The van der Waals surface area contributed by atoms with E-state index in [9.17, 15) is 8.42 Å². The van der Waals surface area contributed by atoms with E-state index < -0.39 is 10.0 Å². The highest BCUT2D eigenvalue weighted by molar-refractivity contribution is 7.89. The largest absolute Gasteiger partial charge is 0.229 e. The molecule has 0 aliphatic heterocycles. The van der Waals surface area contributed by atoms with E-state index in [-0.39, 0.29) is 16.6 Å². The molecule has 0 radical (unpaired) electrons. The second kappa shape index (κ2) is 2.05. The molecule has 80 valence electrons. The lowest BCUT2D eigenvalue weighted by Crippen LogP contribution is -2.34. The van der Waals surface area contributed by atoms with E-state index in [1.807, 2.05) is 0 Å². The highest BCUT2D eigenvalue weighted by atomic mass is 32.2. The number of primary sulfonamides is 1. The summed E-state index contributed by atoms with van der Waals surface area (Å²) in [6.07, 6.45) is 2.49. The molecule has 0 saturated heterocycles. The molecular weight excluding hydrogens is 198 g/mol. The second-order valence-corrected chi connectivity index (χ2v) is 7.56. The Bertz CT molecular complexity index is 386. The Morgan fingerprint density at radius 2 is 1.79 bits per heavy atom. The Morgan fingerprint density at radius 1 is 1.29 bits per heavy atom. The van der Waals surface area contributed by atoms with Crippen molar-refractivity contribution in [2.24, 2.45) is 33.7 Å². The van der Waals surface area contributed by atoms with E-state index in [0.717, 1.165) is 5.92 Å². The SMILES string of the molecule is CC1(C)C2CC3C(C2)C31CS(N)(=O)=O. The number of sulfonamides is 1. The van der Waals surface area contributed by atoms with Crippen LogP contribution in [0.3, 0.4) is 0 Å². The first-order valence-electron chi connectivity index (χ1n) is 5.29. The third kappa shape index (κ3) is 0.770. The number of hydrogen-bond acceptors (Lipinski definition) is 2. The van der Waals surface area contributed by atoms with Crippen LogP contribution in [0, 0.1) is 28.6 Å². The quantitative estimate of drug-likeness (QED) is 0.745. The van der Waals surface area contributed by atoms with Gasteiger partial charge in [0, 0.05) is 0 Å². The maximum absolute atomic E-state index is 11.2. The van der Waals surface area contributed by atoms with Crippen LogP contribution in [0.2, 0.25) is 0 Å². The zero-order valence-corrected chi connectivity index (χ0v) is 9.47. The third-order valence-corrected chi connectivity index (χ3v) is 6.32. The van der Waals surface area contributed by atoms with Crippen molar-refractivity contribution in [1.29, 1.82) is 0 Å². The molecule has 0 heterocycles. The van der Waals surface area contributed by atoms with Gasteiger partial charge >= 0.3 is 0 Å². The highest BCUT2D eigenvalue weighted by Crippen LogP contribution is 2.86.